The molecule has 2 aromatic rings. The van der Waals surface area contributed by atoms with Gasteiger partial charge >= 0.3 is 0 Å². The maximum Gasteiger partial charge on any atom is 0.251 e. The molecule has 2 aromatic carbocycles. The predicted octanol–water partition coefficient (Wildman–Crippen LogP) is 3.54. The molecule has 0 aromatic heterocycles. The zero-order valence-corrected chi connectivity index (χ0v) is 18.0. The molecule has 1 fully saturated rings. The van der Waals surface area contributed by atoms with Crippen molar-refractivity contribution < 1.29 is 14.3 Å². The second kappa shape index (κ2) is 9.42. The van der Waals surface area contributed by atoms with Crippen LogP contribution >= 0.6 is 0 Å². The van der Waals surface area contributed by atoms with Crippen LogP contribution in [0.4, 0.5) is 0 Å². The van der Waals surface area contributed by atoms with Gasteiger partial charge in [-0.2, -0.15) is 0 Å². The van der Waals surface area contributed by atoms with Crippen LogP contribution in [0.25, 0.3) is 0 Å². The average molecular weight is 397 g/mol. The van der Waals surface area contributed by atoms with Gasteiger partial charge in [-0.15, -0.1) is 0 Å². The number of carbonyl (C=O) groups is 1. The SMILES string of the molecule is COc1ccc(C)cc1C1(CNC(=O)c2cccc(CN(C)C)c2)CCOCC1. The number of nitrogens with one attached hydrogen (secondary N) is 1. The van der Waals surface area contributed by atoms with Gasteiger partial charge in [0.1, 0.15) is 5.75 Å². The maximum absolute atomic E-state index is 12.9. The van der Waals surface area contributed by atoms with E-state index < -0.39 is 0 Å². The van der Waals surface area contributed by atoms with Crippen LogP contribution in [0.15, 0.2) is 42.5 Å². The summed E-state index contributed by atoms with van der Waals surface area (Å²) >= 11 is 0. The van der Waals surface area contributed by atoms with Gasteiger partial charge in [-0.25, -0.2) is 0 Å². The lowest BCUT2D eigenvalue weighted by Crippen LogP contribution is -2.44. The van der Waals surface area contributed by atoms with E-state index in [-0.39, 0.29) is 11.3 Å². The van der Waals surface area contributed by atoms with Gasteiger partial charge in [0, 0.05) is 42.8 Å². The van der Waals surface area contributed by atoms with Gasteiger partial charge in [-0.1, -0.05) is 29.8 Å². The van der Waals surface area contributed by atoms with Crippen LogP contribution < -0.4 is 10.1 Å². The van der Waals surface area contributed by atoms with Crippen molar-refractivity contribution in [3.05, 3.63) is 64.7 Å². The fraction of sp³-hybridized carbons (Fsp3) is 0.458. The molecule has 156 valence electrons. The standard InChI is InChI=1S/C24H32N2O3/c1-18-8-9-22(28-4)21(14-18)24(10-12-29-13-11-24)17-25-23(27)20-7-5-6-19(15-20)16-26(2)3/h5-9,14-15H,10-13,16-17H2,1-4H3,(H,25,27). The second-order valence-corrected chi connectivity index (χ2v) is 8.22. The highest BCUT2D eigenvalue weighted by Crippen LogP contribution is 2.40. The molecule has 0 bridgehead atoms. The normalized spacial score (nSPS) is 15.9. The van der Waals surface area contributed by atoms with Crippen molar-refractivity contribution in [3.63, 3.8) is 0 Å². The highest BCUT2D eigenvalue weighted by molar-refractivity contribution is 5.94. The van der Waals surface area contributed by atoms with Crippen LogP contribution in [-0.4, -0.2) is 51.8 Å². The molecule has 1 aliphatic rings. The Labute approximate surface area is 174 Å². The van der Waals surface area contributed by atoms with Crippen molar-refractivity contribution in [2.45, 2.75) is 31.7 Å². The first kappa shape index (κ1) is 21.3. The average Bonchev–Trinajstić information content (AvgIpc) is 2.72. The topological polar surface area (TPSA) is 50.8 Å². The number of hydrogen-bond acceptors (Lipinski definition) is 4. The summed E-state index contributed by atoms with van der Waals surface area (Å²) in [6.45, 7) is 4.83. The van der Waals surface area contributed by atoms with Crippen molar-refractivity contribution in [2.75, 3.05) is 41.0 Å². The Bertz CT molecular complexity index is 842. The number of ether oxygens (including phenoxy) is 2. The molecule has 1 saturated heterocycles. The summed E-state index contributed by atoms with van der Waals surface area (Å²) in [5.74, 6) is 0.836. The number of carbonyl (C=O) groups excluding carboxylic acids is 1. The monoisotopic (exact) mass is 396 g/mol. The van der Waals surface area contributed by atoms with Crippen molar-refractivity contribution in [2.24, 2.45) is 0 Å². The third kappa shape index (κ3) is 5.17. The Morgan fingerprint density at radius 2 is 1.93 bits per heavy atom. The molecule has 0 unspecified atom stereocenters. The minimum atomic E-state index is -0.188. The zero-order valence-electron chi connectivity index (χ0n) is 18.0. The van der Waals surface area contributed by atoms with Crippen LogP contribution in [0, 0.1) is 6.92 Å². The number of hydrogen-bond donors (Lipinski definition) is 1. The molecule has 0 atom stereocenters. The van der Waals surface area contributed by atoms with Crippen LogP contribution in [0.3, 0.4) is 0 Å². The van der Waals surface area contributed by atoms with E-state index in [0.29, 0.717) is 25.3 Å². The predicted molar refractivity (Wildman–Crippen MR) is 116 cm³/mol. The second-order valence-electron chi connectivity index (χ2n) is 8.22. The summed E-state index contributed by atoms with van der Waals surface area (Å²) in [4.78, 5) is 15.0. The van der Waals surface area contributed by atoms with Gasteiger partial charge in [0.05, 0.1) is 7.11 Å². The number of nitrogens with zero attached hydrogens (tertiary/aromatic N) is 1. The third-order valence-corrected chi connectivity index (χ3v) is 5.65. The number of methoxy groups -OCH3 is 1. The molecule has 1 amide bonds. The van der Waals surface area contributed by atoms with Gasteiger partial charge in [0.25, 0.3) is 5.91 Å². The van der Waals surface area contributed by atoms with Gasteiger partial charge in [-0.3, -0.25) is 4.79 Å². The minimum Gasteiger partial charge on any atom is -0.496 e. The van der Waals surface area contributed by atoms with Gasteiger partial charge in [0.2, 0.25) is 0 Å². The van der Waals surface area contributed by atoms with E-state index in [1.807, 2.05) is 44.4 Å². The summed E-state index contributed by atoms with van der Waals surface area (Å²) in [6.07, 6.45) is 1.71. The Hall–Kier alpha value is -2.37. The molecule has 1 aliphatic heterocycles. The van der Waals surface area contributed by atoms with Gasteiger partial charge in [0.15, 0.2) is 0 Å². The molecule has 5 heteroatoms. The molecule has 1 N–H and O–H groups in total. The fourth-order valence-corrected chi connectivity index (χ4v) is 4.07. The number of rotatable bonds is 7. The van der Waals surface area contributed by atoms with Crippen molar-refractivity contribution in [1.82, 2.24) is 10.2 Å². The van der Waals surface area contributed by atoms with E-state index in [1.54, 1.807) is 7.11 Å². The van der Waals surface area contributed by atoms with Crippen LogP contribution in [0.2, 0.25) is 0 Å². The molecule has 5 nitrogen and oxygen atoms in total. The Morgan fingerprint density at radius 3 is 2.62 bits per heavy atom. The van der Waals surface area contributed by atoms with Gasteiger partial charge < -0.3 is 19.7 Å². The number of amides is 1. The lowest BCUT2D eigenvalue weighted by molar-refractivity contribution is 0.0479. The number of benzene rings is 2. The first-order valence-electron chi connectivity index (χ1n) is 10.2. The first-order chi connectivity index (χ1) is 13.9. The lowest BCUT2D eigenvalue weighted by atomic mass is 9.73. The number of aryl methyl sites for hydroxylation is 1. The minimum absolute atomic E-state index is 0.0388. The summed E-state index contributed by atoms with van der Waals surface area (Å²) in [7, 11) is 5.75. The summed E-state index contributed by atoms with van der Waals surface area (Å²) < 4.78 is 11.3. The van der Waals surface area contributed by atoms with E-state index in [1.165, 1.54) is 5.56 Å². The van der Waals surface area contributed by atoms with E-state index in [4.69, 9.17) is 9.47 Å². The van der Waals surface area contributed by atoms with Crippen LogP contribution in [-0.2, 0) is 16.7 Å². The molecule has 0 radical (unpaired) electrons. The summed E-state index contributed by atoms with van der Waals surface area (Å²) in [6, 6.07) is 14.1. The van der Waals surface area contributed by atoms with Crippen LogP contribution in [0.1, 0.15) is 39.9 Å². The molecule has 1 heterocycles. The van der Waals surface area contributed by atoms with E-state index in [9.17, 15) is 4.79 Å². The Balaban J connectivity index is 1.82. The molecular weight excluding hydrogens is 364 g/mol. The van der Waals surface area contributed by atoms with E-state index in [0.717, 1.165) is 36.3 Å². The summed E-state index contributed by atoms with van der Waals surface area (Å²) in [5, 5.41) is 3.20. The molecule has 0 aliphatic carbocycles. The Morgan fingerprint density at radius 1 is 1.17 bits per heavy atom. The van der Waals surface area contributed by atoms with E-state index in [2.05, 4.69) is 29.3 Å². The van der Waals surface area contributed by atoms with Crippen molar-refractivity contribution in [1.29, 1.82) is 0 Å². The smallest absolute Gasteiger partial charge is 0.251 e. The van der Waals surface area contributed by atoms with Crippen molar-refractivity contribution >= 4 is 5.91 Å². The van der Waals surface area contributed by atoms with Crippen LogP contribution in [0.5, 0.6) is 5.75 Å². The summed E-state index contributed by atoms with van der Waals surface area (Å²) in [5.41, 5.74) is 3.98. The zero-order chi connectivity index (χ0) is 20.9. The van der Waals surface area contributed by atoms with Crippen molar-refractivity contribution in [3.8, 4) is 5.75 Å². The first-order valence-corrected chi connectivity index (χ1v) is 10.2. The fourth-order valence-electron chi connectivity index (χ4n) is 4.07. The quantitative estimate of drug-likeness (QED) is 0.778. The van der Waals surface area contributed by atoms with E-state index >= 15 is 0 Å². The lowest BCUT2D eigenvalue weighted by Gasteiger charge is -2.38. The maximum atomic E-state index is 12.9. The molecular formula is C24H32N2O3. The highest BCUT2D eigenvalue weighted by atomic mass is 16.5. The Kier molecular flexibility index (Phi) is 6.93. The molecule has 0 spiro atoms. The molecule has 29 heavy (non-hydrogen) atoms. The highest BCUT2D eigenvalue weighted by Gasteiger charge is 2.37. The van der Waals surface area contributed by atoms with Gasteiger partial charge in [-0.05, 0) is 57.6 Å². The molecule has 0 saturated carbocycles. The largest absolute Gasteiger partial charge is 0.496 e. The third-order valence-electron chi connectivity index (χ3n) is 5.65. The molecule has 3 rings (SSSR count).